The lowest BCUT2D eigenvalue weighted by atomic mass is 9.92. The van der Waals surface area contributed by atoms with Gasteiger partial charge in [-0.1, -0.05) is 176 Å². The molecule has 0 atom stereocenters. The molecule has 0 aliphatic carbocycles. The van der Waals surface area contributed by atoms with Gasteiger partial charge in [-0.2, -0.15) is 0 Å². The van der Waals surface area contributed by atoms with Crippen LogP contribution in [0.3, 0.4) is 0 Å². The zero-order valence-electron chi connectivity index (χ0n) is 31.7. The van der Waals surface area contributed by atoms with Crippen molar-refractivity contribution < 1.29 is 0 Å². The summed E-state index contributed by atoms with van der Waals surface area (Å²) < 4.78 is 2.38. The number of aromatic nitrogens is 4. The minimum atomic E-state index is 0.615. The van der Waals surface area contributed by atoms with Gasteiger partial charge >= 0.3 is 0 Å². The van der Waals surface area contributed by atoms with E-state index in [0.717, 1.165) is 49.8 Å². The van der Waals surface area contributed by atoms with Crippen molar-refractivity contribution in [3.63, 3.8) is 0 Å². The van der Waals surface area contributed by atoms with E-state index >= 15 is 0 Å². The first-order valence-corrected chi connectivity index (χ1v) is 20.6. The molecule has 0 fully saturated rings. The average molecular weight is 769 g/mol. The van der Waals surface area contributed by atoms with E-state index in [0.29, 0.717) is 17.5 Å². The molecular formula is C54H32N4S. The van der Waals surface area contributed by atoms with Gasteiger partial charge in [0.05, 0.1) is 11.2 Å². The molecule has 0 aliphatic rings. The van der Waals surface area contributed by atoms with Gasteiger partial charge < -0.3 is 0 Å². The van der Waals surface area contributed by atoms with Crippen molar-refractivity contribution in [2.24, 2.45) is 0 Å². The van der Waals surface area contributed by atoms with E-state index < -0.39 is 0 Å². The average Bonchev–Trinajstić information content (AvgIpc) is 3.71. The normalized spacial score (nSPS) is 11.7. The van der Waals surface area contributed by atoms with Crippen LogP contribution in [0.25, 0.3) is 120 Å². The molecule has 5 heteroatoms. The van der Waals surface area contributed by atoms with Gasteiger partial charge in [-0.3, -0.25) is 0 Å². The molecule has 0 radical (unpaired) electrons. The SMILES string of the molecule is c1ccc(-c2ccc(-c3nc(-c4ccccc4)nc(-c4cccc5nc(-c6ccc7c8ccccc8c8ccccc8c7c6)c6c7ccccc7sc6c45)n3)cc2)cc1. The molecule has 0 saturated carbocycles. The highest BCUT2D eigenvalue weighted by molar-refractivity contribution is 7.26. The standard InChI is InChI=1S/C54H32N4S/c1-3-14-33(15-4-1)34-26-28-36(29-27-34)53-56-52(35-16-5-2-6-17-35)57-54(58-53)44-23-13-24-46-48(44)51-49(43-22-11-12-25-47(43)59-51)50(55-46)37-30-31-42-40-20-8-7-18-38(40)39-19-9-10-21-41(39)45(42)32-37/h1-32H. The number of hydrogen-bond acceptors (Lipinski definition) is 5. The minimum Gasteiger partial charge on any atom is -0.247 e. The van der Waals surface area contributed by atoms with Crippen molar-refractivity contribution in [3.05, 3.63) is 194 Å². The Labute approximate surface area is 343 Å². The number of pyridine rings is 1. The highest BCUT2D eigenvalue weighted by atomic mass is 32.1. The zero-order valence-corrected chi connectivity index (χ0v) is 32.5. The monoisotopic (exact) mass is 768 g/mol. The maximum Gasteiger partial charge on any atom is 0.164 e. The van der Waals surface area contributed by atoms with E-state index in [-0.39, 0.29) is 0 Å². The van der Waals surface area contributed by atoms with Gasteiger partial charge in [-0.05, 0) is 61.6 Å². The summed E-state index contributed by atoms with van der Waals surface area (Å²) in [6.45, 7) is 0. The van der Waals surface area contributed by atoms with E-state index in [1.165, 1.54) is 52.7 Å². The second-order valence-electron chi connectivity index (χ2n) is 14.9. The van der Waals surface area contributed by atoms with Crippen molar-refractivity contribution >= 4 is 74.7 Å². The fraction of sp³-hybridized carbons (Fsp3) is 0. The van der Waals surface area contributed by atoms with Crippen LogP contribution >= 0.6 is 11.3 Å². The number of rotatable bonds is 5. The molecule has 0 bridgehead atoms. The Hall–Kier alpha value is -7.60. The molecule has 59 heavy (non-hydrogen) atoms. The molecule has 0 N–H and O–H groups in total. The molecule has 0 spiro atoms. The first-order valence-electron chi connectivity index (χ1n) is 19.8. The van der Waals surface area contributed by atoms with Crippen molar-refractivity contribution in [1.29, 1.82) is 0 Å². The van der Waals surface area contributed by atoms with Crippen molar-refractivity contribution in [1.82, 2.24) is 19.9 Å². The fourth-order valence-electron chi connectivity index (χ4n) is 8.74. The molecule has 3 heterocycles. The van der Waals surface area contributed by atoms with E-state index in [4.69, 9.17) is 19.9 Å². The lowest BCUT2D eigenvalue weighted by Crippen LogP contribution is -2.01. The molecule has 12 rings (SSSR count). The number of nitrogens with zero attached hydrogens (tertiary/aromatic N) is 4. The van der Waals surface area contributed by atoms with Gasteiger partial charge in [0.2, 0.25) is 0 Å². The van der Waals surface area contributed by atoms with E-state index in [1.807, 2.05) is 24.3 Å². The Morgan fingerprint density at radius 2 is 0.797 bits per heavy atom. The molecule has 4 nitrogen and oxygen atoms in total. The number of hydrogen-bond donors (Lipinski definition) is 0. The van der Waals surface area contributed by atoms with Crippen LogP contribution in [-0.2, 0) is 0 Å². The molecule has 3 aromatic heterocycles. The Morgan fingerprint density at radius 1 is 0.305 bits per heavy atom. The third-order valence-electron chi connectivity index (χ3n) is 11.5. The predicted molar refractivity (Wildman–Crippen MR) is 248 cm³/mol. The summed E-state index contributed by atoms with van der Waals surface area (Å²) >= 11 is 1.81. The summed E-state index contributed by atoms with van der Waals surface area (Å²) in [6.07, 6.45) is 0. The van der Waals surface area contributed by atoms with Crippen molar-refractivity contribution in [2.45, 2.75) is 0 Å². The highest BCUT2D eigenvalue weighted by Crippen LogP contribution is 2.46. The number of thiophene rings is 1. The topological polar surface area (TPSA) is 51.6 Å². The van der Waals surface area contributed by atoms with Gasteiger partial charge in [0.25, 0.3) is 0 Å². The number of benzene rings is 9. The van der Waals surface area contributed by atoms with E-state index in [9.17, 15) is 0 Å². The number of fused-ring (bicyclic) bond motifs is 11. The first-order chi connectivity index (χ1) is 29.2. The second-order valence-corrected chi connectivity index (χ2v) is 16.0. The van der Waals surface area contributed by atoms with Crippen LogP contribution < -0.4 is 0 Å². The van der Waals surface area contributed by atoms with E-state index in [1.54, 1.807) is 11.3 Å². The molecule has 0 saturated heterocycles. The molecule has 12 aromatic rings. The lowest BCUT2D eigenvalue weighted by molar-refractivity contribution is 1.08. The molecule has 0 aliphatic heterocycles. The molecular weight excluding hydrogens is 737 g/mol. The minimum absolute atomic E-state index is 0.615. The third-order valence-corrected chi connectivity index (χ3v) is 12.7. The van der Waals surface area contributed by atoms with Crippen LogP contribution in [0.4, 0.5) is 0 Å². The quantitative estimate of drug-likeness (QED) is 0.164. The molecule has 274 valence electrons. The smallest absolute Gasteiger partial charge is 0.164 e. The van der Waals surface area contributed by atoms with Crippen LogP contribution in [0.15, 0.2) is 194 Å². The maximum absolute atomic E-state index is 5.57. The van der Waals surface area contributed by atoms with Crippen LogP contribution in [0.1, 0.15) is 0 Å². The van der Waals surface area contributed by atoms with Gasteiger partial charge in [-0.15, -0.1) is 11.3 Å². The molecule has 0 unspecified atom stereocenters. The summed E-state index contributed by atoms with van der Waals surface area (Å²) in [6, 6.07) is 68.5. The van der Waals surface area contributed by atoms with Crippen LogP contribution in [0.2, 0.25) is 0 Å². The maximum atomic E-state index is 5.57. The molecule has 0 amide bonds. The fourth-order valence-corrected chi connectivity index (χ4v) is 10.0. The van der Waals surface area contributed by atoms with Crippen LogP contribution in [0, 0.1) is 0 Å². The summed E-state index contributed by atoms with van der Waals surface area (Å²) in [5, 5.41) is 10.9. The van der Waals surface area contributed by atoms with Crippen molar-refractivity contribution in [2.75, 3.05) is 0 Å². The van der Waals surface area contributed by atoms with Gasteiger partial charge in [-0.25, -0.2) is 19.9 Å². The third kappa shape index (κ3) is 5.51. The van der Waals surface area contributed by atoms with Gasteiger partial charge in [0.1, 0.15) is 0 Å². The Bertz CT molecular complexity index is 3560. The van der Waals surface area contributed by atoms with Crippen LogP contribution in [0.5, 0.6) is 0 Å². The van der Waals surface area contributed by atoms with Crippen molar-refractivity contribution in [3.8, 4) is 56.5 Å². The lowest BCUT2D eigenvalue weighted by Gasteiger charge is -2.14. The summed E-state index contributed by atoms with van der Waals surface area (Å²) in [5.41, 5.74) is 8.06. The van der Waals surface area contributed by atoms with Crippen LogP contribution in [-0.4, -0.2) is 19.9 Å². The summed E-state index contributed by atoms with van der Waals surface area (Å²) in [7, 11) is 0. The Balaban J connectivity index is 1.10. The second kappa shape index (κ2) is 13.5. The zero-order chi connectivity index (χ0) is 38.9. The largest absolute Gasteiger partial charge is 0.247 e. The highest BCUT2D eigenvalue weighted by Gasteiger charge is 2.22. The van der Waals surface area contributed by atoms with E-state index in [2.05, 4.69) is 170 Å². The predicted octanol–water partition coefficient (Wildman–Crippen LogP) is 14.6. The van der Waals surface area contributed by atoms with Gasteiger partial charge in [0, 0.05) is 47.8 Å². The Kier molecular flexibility index (Phi) is 7.68. The summed E-state index contributed by atoms with van der Waals surface area (Å²) in [4.78, 5) is 21.1. The molecule has 9 aromatic carbocycles. The summed E-state index contributed by atoms with van der Waals surface area (Å²) in [5.74, 6) is 1.87. The Morgan fingerprint density at radius 3 is 1.47 bits per heavy atom. The van der Waals surface area contributed by atoms with Gasteiger partial charge in [0.15, 0.2) is 17.5 Å². The first kappa shape index (κ1) is 33.5.